The van der Waals surface area contributed by atoms with Crippen LogP contribution < -0.4 is 10.6 Å². The van der Waals surface area contributed by atoms with Crippen LogP contribution in [0, 0.1) is 6.92 Å². The summed E-state index contributed by atoms with van der Waals surface area (Å²) in [7, 11) is 0. The lowest BCUT2D eigenvalue weighted by Crippen LogP contribution is -2.17. The van der Waals surface area contributed by atoms with Crippen LogP contribution in [0.25, 0.3) is 0 Å². The number of aromatic nitrogens is 2. The molecule has 106 valence electrons. The Kier molecular flexibility index (Phi) is 4.57. The number of nitrogens with one attached hydrogen (secondary N) is 2. The van der Waals surface area contributed by atoms with Crippen molar-refractivity contribution in [1.29, 1.82) is 0 Å². The number of carbonyl (C=O) groups excluding carboxylic acids is 1. The summed E-state index contributed by atoms with van der Waals surface area (Å²) >= 11 is 7.32. The van der Waals surface area contributed by atoms with Crippen LogP contribution in [0.2, 0.25) is 5.15 Å². The van der Waals surface area contributed by atoms with Crippen LogP contribution in [-0.4, -0.2) is 21.9 Å². The lowest BCUT2D eigenvalue weighted by Gasteiger charge is -2.15. The van der Waals surface area contributed by atoms with Gasteiger partial charge in [0.1, 0.15) is 10.8 Å². The number of thiazole rings is 1. The number of rotatable bonds is 4. The molecule has 0 aromatic carbocycles. The molecule has 2 aromatic heterocycles. The molecular weight excluding hydrogens is 296 g/mol. The summed E-state index contributed by atoms with van der Waals surface area (Å²) in [6, 6.07) is 1.90. The number of carbonyl (C=O) groups is 1. The molecule has 2 heterocycles. The lowest BCUT2D eigenvalue weighted by molar-refractivity contribution is 0.102. The molecule has 2 rings (SSSR count). The Morgan fingerprint density at radius 2 is 2.10 bits per heavy atom. The first-order valence-electron chi connectivity index (χ1n) is 6.11. The van der Waals surface area contributed by atoms with Gasteiger partial charge < -0.3 is 10.6 Å². The molecule has 0 fully saturated rings. The molecule has 0 aliphatic rings. The predicted molar refractivity (Wildman–Crippen MR) is 82.8 cm³/mol. The molecule has 0 aliphatic heterocycles. The van der Waals surface area contributed by atoms with E-state index in [1.54, 1.807) is 11.6 Å². The van der Waals surface area contributed by atoms with Gasteiger partial charge in [0.15, 0.2) is 0 Å². The fourth-order valence-electron chi connectivity index (χ4n) is 1.66. The van der Waals surface area contributed by atoms with Crippen LogP contribution in [0.5, 0.6) is 0 Å². The number of halogens is 1. The molecule has 2 N–H and O–H groups in total. The van der Waals surface area contributed by atoms with Gasteiger partial charge in [-0.15, -0.1) is 11.3 Å². The molecule has 0 saturated carbocycles. The highest BCUT2D eigenvalue weighted by molar-refractivity contribution is 7.09. The Balaban J connectivity index is 2.25. The first-order valence-corrected chi connectivity index (χ1v) is 7.36. The van der Waals surface area contributed by atoms with Crippen LogP contribution >= 0.6 is 22.9 Å². The zero-order valence-electron chi connectivity index (χ0n) is 11.4. The van der Waals surface area contributed by atoms with E-state index in [1.165, 1.54) is 17.5 Å². The quantitative estimate of drug-likeness (QED) is 0.847. The largest absolute Gasteiger partial charge is 0.381 e. The Bertz CT molecular complexity index is 627. The molecule has 0 aliphatic carbocycles. The normalized spacial score (nSPS) is 10.7. The molecule has 0 radical (unpaired) electrons. The minimum Gasteiger partial charge on any atom is -0.381 e. The van der Waals surface area contributed by atoms with Gasteiger partial charge in [-0.1, -0.05) is 11.6 Å². The third-order valence-electron chi connectivity index (χ3n) is 2.52. The molecule has 0 atom stereocenters. The number of hydrogen-bond acceptors (Lipinski definition) is 5. The van der Waals surface area contributed by atoms with Crippen molar-refractivity contribution in [3.8, 4) is 0 Å². The minimum atomic E-state index is -0.250. The van der Waals surface area contributed by atoms with Crippen LogP contribution in [0.3, 0.4) is 0 Å². The lowest BCUT2D eigenvalue weighted by atomic mass is 10.2. The standard InChI is InChI=1S/C13H15ClN4OS/c1-7(2)17-9-4-11(14)15-5-10(9)18-13(19)12-8(3)20-6-16-12/h4-7H,1-3H3,(H,15,17)(H,18,19). The number of hydrogen-bond donors (Lipinski definition) is 2. The average molecular weight is 311 g/mol. The van der Waals surface area contributed by atoms with Gasteiger partial charge in [0.2, 0.25) is 0 Å². The SMILES string of the molecule is Cc1scnc1C(=O)Nc1cnc(Cl)cc1NC(C)C. The summed E-state index contributed by atoms with van der Waals surface area (Å²) in [4.78, 5) is 21.1. The number of amides is 1. The highest BCUT2D eigenvalue weighted by atomic mass is 35.5. The van der Waals surface area contributed by atoms with Crippen LogP contribution in [0.4, 0.5) is 11.4 Å². The van der Waals surface area contributed by atoms with E-state index >= 15 is 0 Å². The second-order valence-electron chi connectivity index (χ2n) is 4.56. The van der Waals surface area contributed by atoms with Gasteiger partial charge in [-0.05, 0) is 20.8 Å². The van der Waals surface area contributed by atoms with E-state index in [9.17, 15) is 4.79 Å². The Labute approximate surface area is 126 Å². The van der Waals surface area contributed by atoms with Crippen molar-refractivity contribution in [2.45, 2.75) is 26.8 Å². The van der Waals surface area contributed by atoms with Gasteiger partial charge in [0, 0.05) is 17.0 Å². The summed E-state index contributed by atoms with van der Waals surface area (Å²) in [5, 5.41) is 6.40. The van der Waals surface area contributed by atoms with E-state index in [4.69, 9.17) is 11.6 Å². The Morgan fingerprint density at radius 3 is 2.70 bits per heavy atom. The number of nitrogens with zero attached hydrogens (tertiary/aromatic N) is 2. The fourth-order valence-corrected chi connectivity index (χ4v) is 2.40. The third kappa shape index (κ3) is 3.46. The van der Waals surface area contributed by atoms with E-state index in [2.05, 4.69) is 20.6 Å². The second kappa shape index (κ2) is 6.19. The number of anilines is 2. The molecule has 0 spiro atoms. The highest BCUT2D eigenvalue weighted by Crippen LogP contribution is 2.25. The average Bonchev–Trinajstić information content (AvgIpc) is 2.78. The van der Waals surface area contributed by atoms with Crippen molar-refractivity contribution in [2.75, 3.05) is 10.6 Å². The monoisotopic (exact) mass is 310 g/mol. The van der Waals surface area contributed by atoms with Crippen molar-refractivity contribution in [2.24, 2.45) is 0 Å². The number of pyridine rings is 1. The summed E-state index contributed by atoms with van der Waals surface area (Å²) in [6.45, 7) is 5.87. The van der Waals surface area contributed by atoms with Gasteiger partial charge in [-0.2, -0.15) is 0 Å². The molecule has 1 amide bonds. The molecule has 0 bridgehead atoms. The van der Waals surface area contributed by atoms with Crippen molar-refractivity contribution < 1.29 is 4.79 Å². The smallest absolute Gasteiger partial charge is 0.275 e. The maximum atomic E-state index is 12.2. The van der Waals surface area contributed by atoms with Crippen molar-refractivity contribution in [3.63, 3.8) is 0 Å². The van der Waals surface area contributed by atoms with Gasteiger partial charge in [-0.3, -0.25) is 4.79 Å². The fraction of sp³-hybridized carbons (Fsp3) is 0.308. The van der Waals surface area contributed by atoms with Crippen molar-refractivity contribution in [3.05, 3.63) is 33.5 Å². The Hall–Kier alpha value is -1.66. The Morgan fingerprint density at radius 1 is 1.35 bits per heavy atom. The van der Waals surface area contributed by atoms with Crippen LogP contribution in [0.15, 0.2) is 17.8 Å². The molecule has 7 heteroatoms. The maximum absolute atomic E-state index is 12.2. The first kappa shape index (κ1) is 14.7. The zero-order chi connectivity index (χ0) is 14.7. The molecule has 5 nitrogen and oxygen atoms in total. The third-order valence-corrected chi connectivity index (χ3v) is 3.49. The van der Waals surface area contributed by atoms with E-state index in [1.807, 2.05) is 20.8 Å². The summed E-state index contributed by atoms with van der Waals surface area (Å²) < 4.78 is 0. The van der Waals surface area contributed by atoms with Crippen molar-refractivity contribution in [1.82, 2.24) is 9.97 Å². The van der Waals surface area contributed by atoms with Crippen LogP contribution in [-0.2, 0) is 0 Å². The van der Waals surface area contributed by atoms with Gasteiger partial charge in [-0.25, -0.2) is 9.97 Å². The van der Waals surface area contributed by atoms with E-state index < -0.39 is 0 Å². The molecule has 0 unspecified atom stereocenters. The molecular formula is C13H15ClN4OS. The summed E-state index contributed by atoms with van der Waals surface area (Å²) in [5.74, 6) is -0.250. The van der Waals surface area contributed by atoms with Gasteiger partial charge in [0.25, 0.3) is 5.91 Å². The number of aryl methyl sites for hydroxylation is 1. The molecule has 20 heavy (non-hydrogen) atoms. The van der Waals surface area contributed by atoms with E-state index in [-0.39, 0.29) is 11.9 Å². The van der Waals surface area contributed by atoms with Gasteiger partial charge >= 0.3 is 0 Å². The topological polar surface area (TPSA) is 66.9 Å². The predicted octanol–water partition coefficient (Wildman–Crippen LogP) is 3.57. The minimum absolute atomic E-state index is 0.213. The maximum Gasteiger partial charge on any atom is 0.275 e. The summed E-state index contributed by atoms with van der Waals surface area (Å²) in [6.07, 6.45) is 1.53. The van der Waals surface area contributed by atoms with Crippen LogP contribution in [0.1, 0.15) is 29.2 Å². The zero-order valence-corrected chi connectivity index (χ0v) is 13.0. The van der Waals surface area contributed by atoms with Crippen molar-refractivity contribution >= 4 is 40.2 Å². The highest BCUT2D eigenvalue weighted by Gasteiger charge is 2.15. The second-order valence-corrected chi connectivity index (χ2v) is 6.01. The van der Waals surface area contributed by atoms with Gasteiger partial charge in [0.05, 0.1) is 23.1 Å². The molecule has 0 saturated heterocycles. The summed E-state index contributed by atoms with van der Waals surface area (Å²) in [5.41, 5.74) is 3.40. The van der Waals surface area contributed by atoms with E-state index in [0.717, 1.165) is 10.6 Å². The first-order chi connectivity index (χ1) is 9.47. The molecule has 2 aromatic rings. The van der Waals surface area contributed by atoms with E-state index in [0.29, 0.717) is 16.5 Å².